The van der Waals surface area contributed by atoms with E-state index in [-0.39, 0.29) is 30.1 Å². The Morgan fingerprint density at radius 2 is 2.06 bits per heavy atom. The first-order chi connectivity index (χ1) is 16.3. The molecule has 3 rings (SSSR count). The molecule has 8 nitrogen and oxygen atoms in total. The lowest BCUT2D eigenvalue weighted by atomic mass is 10.0. The maximum atomic E-state index is 13.5. The number of nitrogens with zero attached hydrogens (tertiary/aromatic N) is 4. The fraction of sp³-hybridized carbons (Fsp3) is 0.520. The largest absolute Gasteiger partial charge is 0.487 e. The van der Waals surface area contributed by atoms with E-state index in [9.17, 15) is 13.5 Å². The first-order valence-electron chi connectivity index (χ1n) is 11.6. The zero-order valence-electron chi connectivity index (χ0n) is 20.3. The SMILES string of the molecule is CCCC#Cc1ccc2c(c1)O[C@@H](CN(C)Cc1cncnc1)[C@@H](C)CN([C@H](C)CO)S2(=O)=O. The maximum Gasteiger partial charge on any atom is 0.247 e. The minimum Gasteiger partial charge on any atom is -0.487 e. The lowest BCUT2D eigenvalue weighted by Gasteiger charge is -2.37. The van der Waals surface area contributed by atoms with Crippen molar-refractivity contribution in [3.63, 3.8) is 0 Å². The van der Waals surface area contributed by atoms with E-state index in [1.54, 1.807) is 37.5 Å². The molecule has 34 heavy (non-hydrogen) atoms. The molecule has 1 aliphatic heterocycles. The van der Waals surface area contributed by atoms with Crippen molar-refractivity contribution in [2.24, 2.45) is 5.92 Å². The summed E-state index contributed by atoms with van der Waals surface area (Å²) in [5.74, 6) is 6.38. The fourth-order valence-electron chi connectivity index (χ4n) is 3.91. The monoisotopic (exact) mass is 486 g/mol. The van der Waals surface area contributed by atoms with Crippen LogP contribution >= 0.6 is 0 Å². The molecule has 3 atom stereocenters. The Morgan fingerprint density at radius 1 is 1.32 bits per heavy atom. The van der Waals surface area contributed by atoms with Crippen molar-refractivity contribution in [3.8, 4) is 17.6 Å². The van der Waals surface area contributed by atoms with Crippen molar-refractivity contribution in [2.45, 2.75) is 57.2 Å². The third-order valence-electron chi connectivity index (χ3n) is 5.83. The van der Waals surface area contributed by atoms with Gasteiger partial charge in [-0.1, -0.05) is 25.7 Å². The third kappa shape index (κ3) is 6.33. The summed E-state index contributed by atoms with van der Waals surface area (Å²) < 4.78 is 34.9. The van der Waals surface area contributed by atoms with Crippen molar-refractivity contribution >= 4 is 10.0 Å². The van der Waals surface area contributed by atoms with Gasteiger partial charge in [-0.2, -0.15) is 4.31 Å². The highest BCUT2D eigenvalue weighted by Crippen LogP contribution is 2.34. The lowest BCUT2D eigenvalue weighted by molar-refractivity contribution is 0.0733. The minimum atomic E-state index is -3.86. The molecule has 0 unspecified atom stereocenters. The molecule has 0 fully saturated rings. The third-order valence-corrected chi connectivity index (χ3v) is 7.85. The van der Waals surface area contributed by atoms with Crippen LogP contribution in [-0.2, 0) is 16.6 Å². The Kier molecular flexibility index (Phi) is 9.03. The van der Waals surface area contributed by atoms with Crippen LogP contribution in [0.1, 0.15) is 44.7 Å². The molecule has 184 valence electrons. The second-order valence-electron chi connectivity index (χ2n) is 8.90. The number of aliphatic hydroxyl groups is 1. The molecule has 0 amide bonds. The number of sulfonamides is 1. The number of fused-ring (bicyclic) bond motifs is 1. The van der Waals surface area contributed by atoms with Crippen molar-refractivity contribution < 1.29 is 18.3 Å². The zero-order chi connectivity index (χ0) is 24.7. The van der Waals surface area contributed by atoms with E-state index in [1.807, 2.05) is 14.0 Å². The van der Waals surface area contributed by atoms with Crippen molar-refractivity contribution in [1.29, 1.82) is 0 Å². The molecular formula is C25H34N4O4S. The number of unbranched alkanes of at least 4 members (excludes halogenated alkanes) is 1. The molecule has 0 radical (unpaired) electrons. The summed E-state index contributed by atoms with van der Waals surface area (Å²) >= 11 is 0. The van der Waals surface area contributed by atoms with E-state index in [2.05, 4.69) is 33.6 Å². The van der Waals surface area contributed by atoms with Gasteiger partial charge in [-0.3, -0.25) is 4.90 Å². The molecule has 1 aromatic carbocycles. The number of aromatic nitrogens is 2. The number of benzene rings is 1. The van der Waals surface area contributed by atoms with E-state index < -0.39 is 16.1 Å². The Labute approximate surface area is 203 Å². The van der Waals surface area contributed by atoms with E-state index in [0.717, 1.165) is 18.4 Å². The molecule has 0 aliphatic carbocycles. The van der Waals surface area contributed by atoms with Gasteiger partial charge in [0, 0.05) is 61.5 Å². The quantitative estimate of drug-likeness (QED) is 0.601. The summed E-state index contributed by atoms with van der Waals surface area (Å²) in [5, 5.41) is 9.78. The van der Waals surface area contributed by atoms with Gasteiger partial charge in [-0.05, 0) is 38.6 Å². The molecule has 0 bridgehead atoms. The zero-order valence-corrected chi connectivity index (χ0v) is 21.1. The van der Waals surface area contributed by atoms with E-state index in [1.165, 1.54) is 10.6 Å². The summed E-state index contributed by atoms with van der Waals surface area (Å²) in [7, 11) is -1.87. The van der Waals surface area contributed by atoms with Gasteiger partial charge in [0.15, 0.2) is 0 Å². The average Bonchev–Trinajstić information content (AvgIpc) is 2.81. The standard InChI is InChI=1S/C25H34N4O4S/c1-5-6-7-8-21-9-10-25-23(11-21)33-24(16-28(4)15-22-12-26-18-27-13-22)19(2)14-29(20(3)17-30)34(25,31)32/h9-13,18-20,24,30H,5-6,14-17H2,1-4H3/t19-,20+,24-/m0/s1. The van der Waals surface area contributed by atoms with E-state index >= 15 is 0 Å². The van der Waals surface area contributed by atoms with Crippen LogP contribution in [0.3, 0.4) is 0 Å². The number of aliphatic hydroxyl groups excluding tert-OH is 1. The van der Waals surface area contributed by atoms with Gasteiger partial charge in [0.1, 0.15) is 23.1 Å². The first kappa shape index (κ1) is 26.1. The molecule has 0 saturated carbocycles. The van der Waals surface area contributed by atoms with Crippen LogP contribution in [0.5, 0.6) is 5.75 Å². The number of hydrogen-bond donors (Lipinski definition) is 1. The van der Waals surface area contributed by atoms with Gasteiger partial charge in [0.05, 0.1) is 6.61 Å². The molecule has 1 N–H and O–H groups in total. The minimum absolute atomic E-state index is 0.102. The summed E-state index contributed by atoms with van der Waals surface area (Å²) in [6.07, 6.45) is 6.50. The summed E-state index contributed by atoms with van der Waals surface area (Å²) in [6, 6.07) is 4.44. The van der Waals surface area contributed by atoms with Crippen molar-refractivity contribution in [2.75, 3.05) is 26.7 Å². The predicted octanol–water partition coefficient (Wildman–Crippen LogP) is 2.53. The Balaban J connectivity index is 1.97. The maximum absolute atomic E-state index is 13.5. The summed E-state index contributed by atoms with van der Waals surface area (Å²) in [6.45, 7) is 6.95. The van der Waals surface area contributed by atoms with Crippen molar-refractivity contribution in [3.05, 3.63) is 48.0 Å². The highest BCUT2D eigenvalue weighted by atomic mass is 32.2. The molecule has 2 heterocycles. The molecule has 0 spiro atoms. The van der Waals surface area contributed by atoms with Crippen LogP contribution < -0.4 is 4.74 Å². The average molecular weight is 487 g/mol. The van der Waals surface area contributed by atoms with Crippen LogP contribution in [0.15, 0.2) is 41.8 Å². The van der Waals surface area contributed by atoms with Crippen LogP contribution in [0.25, 0.3) is 0 Å². The van der Waals surface area contributed by atoms with Crippen LogP contribution in [0, 0.1) is 17.8 Å². The number of rotatable bonds is 7. The van der Waals surface area contributed by atoms with Gasteiger partial charge in [0.25, 0.3) is 0 Å². The van der Waals surface area contributed by atoms with Crippen LogP contribution in [-0.4, -0.2) is 71.6 Å². The Morgan fingerprint density at radius 3 is 2.74 bits per heavy atom. The lowest BCUT2D eigenvalue weighted by Crippen LogP contribution is -2.49. The molecular weight excluding hydrogens is 452 g/mol. The first-order valence-corrected chi connectivity index (χ1v) is 13.0. The van der Waals surface area contributed by atoms with Gasteiger partial charge in [0.2, 0.25) is 10.0 Å². The molecule has 1 aliphatic rings. The van der Waals surface area contributed by atoms with Gasteiger partial charge < -0.3 is 9.84 Å². The highest BCUT2D eigenvalue weighted by Gasteiger charge is 2.38. The summed E-state index contributed by atoms with van der Waals surface area (Å²) in [5.41, 5.74) is 1.70. The smallest absolute Gasteiger partial charge is 0.247 e. The molecule has 2 aromatic rings. The Bertz CT molecular complexity index is 1110. The second kappa shape index (κ2) is 11.8. The second-order valence-corrected chi connectivity index (χ2v) is 10.8. The van der Waals surface area contributed by atoms with Crippen LogP contribution in [0.4, 0.5) is 0 Å². The fourth-order valence-corrected chi connectivity index (χ4v) is 5.73. The molecule has 1 aromatic heterocycles. The number of likely N-dealkylation sites (N-methyl/N-ethyl adjacent to an activating group) is 1. The van der Waals surface area contributed by atoms with E-state index in [0.29, 0.717) is 24.4 Å². The van der Waals surface area contributed by atoms with Gasteiger partial charge in [-0.15, -0.1) is 0 Å². The van der Waals surface area contributed by atoms with Gasteiger partial charge in [-0.25, -0.2) is 18.4 Å². The summed E-state index contributed by atoms with van der Waals surface area (Å²) in [4.78, 5) is 10.4. The highest BCUT2D eigenvalue weighted by molar-refractivity contribution is 7.89. The van der Waals surface area contributed by atoms with Crippen LogP contribution in [0.2, 0.25) is 0 Å². The number of hydrogen-bond acceptors (Lipinski definition) is 7. The molecule has 9 heteroatoms. The normalized spacial score (nSPS) is 20.9. The van der Waals surface area contributed by atoms with Gasteiger partial charge >= 0.3 is 0 Å². The number of ether oxygens (including phenoxy) is 1. The van der Waals surface area contributed by atoms with E-state index in [4.69, 9.17) is 4.74 Å². The Hall–Kier alpha value is -2.51. The topological polar surface area (TPSA) is 95.9 Å². The van der Waals surface area contributed by atoms with Crippen molar-refractivity contribution in [1.82, 2.24) is 19.2 Å². The predicted molar refractivity (Wildman–Crippen MR) is 131 cm³/mol. The molecule has 0 saturated heterocycles.